The molecule has 2 rings (SSSR count). The molecular formula is C16H16BrClN2O. The fourth-order valence-corrected chi connectivity index (χ4v) is 2.47. The van der Waals surface area contributed by atoms with Crippen molar-refractivity contribution in [2.45, 2.75) is 13.0 Å². The van der Waals surface area contributed by atoms with Crippen molar-refractivity contribution in [3.8, 4) is 0 Å². The van der Waals surface area contributed by atoms with E-state index in [0.717, 1.165) is 15.7 Å². The van der Waals surface area contributed by atoms with Crippen LogP contribution >= 0.6 is 27.5 Å². The first-order valence-corrected chi connectivity index (χ1v) is 7.72. The van der Waals surface area contributed by atoms with Gasteiger partial charge in [0.05, 0.1) is 11.6 Å². The zero-order valence-electron chi connectivity index (χ0n) is 11.8. The summed E-state index contributed by atoms with van der Waals surface area (Å²) in [5.74, 6) is -0.155. The lowest BCUT2D eigenvalue weighted by atomic mass is 10.1. The van der Waals surface area contributed by atoms with Crippen molar-refractivity contribution in [2.24, 2.45) is 0 Å². The summed E-state index contributed by atoms with van der Waals surface area (Å²) < 4.78 is 1.01. The van der Waals surface area contributed by atoms with Crippen LogP contribution in [-0.4, -0.2) is 13.0 Å². The number of amides is 1. The summed E-state index contributed by atoms with van der Waals surface area (Å²) in [7, 11) is 1.78. The highest BCUT2D eigenvalue weighted by molar-refractivity contribution is 9.10. The Hall–Kier alpha value is -1.52. The predicted molar refractivity (Wildman–Crippen MR) is 91.0 cm³/mol. The van der Waals surface area contributed by atoms with Gasteiger partial charge in [-0.1, -0.05) is 39.7 Å². The topological polar surface area (TPSA) is 41.1 Å². The van der Waals surface area contributed by atoms with Crippen molar-refractivity contribution < 1.29 is 4.79 Å². The number of anilines is 1. The molecule has 5 heteroatoms. The molecule has 0 heterocycles. The van der Waals surface area contributed by atoms with Gasteiger partial charge in [-0.05, 0) is 42.8 Å². The molecule has 0 saturated carbocycles. The lowest BCUT2D eigenvalue weighted by Gasteiger charge is -2.16. The van der Waals surface area contributed by atoms with Crippen LogP contribution in [0, 0.1) is 0 Å². The second kappa shape index (κ2) is 6.96. The van der Waals surface area contributed by atoms with E-state index in [1.807, 2.05) is 31.2 Å². The van der Waals surface area contributed by atoms with Gasteiger partial charge in [-0.3, -0.25) is 4.79 Å². The summed E-state index contributed by atoms with van der Waals surface area (Å²) in [4.78, 5) is 12.4. The highest BCUT2D eigenvalue weighted by atomic mass is 79.9. The Bertz CT molecular complexity index is 643. The molecule has 3 nitrogen and oxygen atoms in total. The Morgan fingerprint density at radius 3 is 2.48 bits per heavy atom. The number of halogens is 2. The molecule has 0 fully saturated rings. The van der Waals surface area contributed by atoms with Crippen LogP contribution in [0.3, 0.4) is 0 Å². The number of carbonyl (C=O) groups excluding carboxylic acids is 1. The monoisotopic (exact) mass is 366 g/mol. The number of hydrogen-bond donors (Lipinski definition) is 2. The zero-order valence-corrected chi connectivity index (χ0v) is 14.1. The van der Waals surface area contributed by atoms with Gasteiger partial charge in [-0.2, -0.15) is 0 Å². The number of nitrogens with one attached hydrogen (secondary N) is 2. The van der Waals surface area contributed by atoms with Gasteiger partial charge in [0, 0.05) is 22.2 Å². The Morgan fingerprint density at radius 1 is 1.19 bits per heavy atom. The Balaban J connectivity index is 2.17. The van der Waals surface area contributed by atoms with E-state index in [2.05, 4.69) is 26.6 Å². The van der Waals surface area contributed by atoms with Gasteiger partial charge in [-0.25, -0.2) is 0 Å². The molecular weight excluding hydrogens is 352 g/mol. The number of hydrogen-bond acceptors (Lipinski definition) is 2. The van der Waals surface area contributed by atoms with Gasteiger partial charge in [0.2, 0.25) is 0 Å². The summed E-state index contributed by atoms with van der Waals surface area (Å²) in [6.07, 6.45) is 0. The third-order valence-electron chi connectivity index (χ3n) is 3.21. The second-order valence-corrected chi connectivity index (χ2v) is 6.04. The van der Waals surface area contributed by atoms with Crippen molar-refractivity contribution in [1.82, 2.24) is 5.32 Å². The van der Waals surface area contributed by atoms with Crippen molar-refractivity contribution in [1.29, 1.82) is 0 Å². The van der Waals surface area contributed by atoms with Gasteiger partial charge in [0.1, 0.15) is 0 Å². The average Bonchev–Trinajstić information content (AvgIpc) is 2.47. The van der Waals surface area contributed by atoms with Gasteiger partial charge in [0.15, 0.2) is 0 Å². The summed E-state index contributed by atoms with van der Waals surface area (Å²) in [5, 5.41) is 6.52. The number of carbonyl (C=O) groups is 1. The van der Waals surface area contributed by atoms with Gasteiger partial charge >= 0.3 is 0 Å². The molecule has 110 valence electrons. The zero-order chi connectivity index (χ0) is 15.4. The van der Waals surface area contributed by atoms with Crippen LogP contribution in [0.25, 0.3) is 0 Å². The standard InChI is InChI=1S/C16H16BrClN2O/c1-10(11-3-5-12(17)6-4-11)20-16(21)14-9-13(18)7-8-15(14)19-2/h3-10,19H,1-2H3,(H,20,21). The first-order valence-electron chi connectivity index (χ1n) is 6.55. The van der Waals surface area contributed by atoms with Crippen LogP contribution in [-0.2, 0) is 0 Å². The maximum Gasteiger partial charge on any atom is 0.253 e. The van der Waals surface area contributed by atoms with E-state index >= 15 is 0 Å². The highest BCUT2D eigenvalue weighted by Crippen LogP contribution is 2.22. The van der Waals surface area contributed by atoms with Crippen LogP contribution in [0.15, 0.2) is 46.9 Å². The maximum atomic E-state index is 12.4. The lowest BCUT2D eigenvalue weighted by Crippen LogP contribution is -2.27. The van der Waals surface area contributed by atoms with Gasteiger partial charge in [0.25, 0.3) is 5.91 Å². The molecule has 1 amide bonds. The van der Waals surface area contributed by atoms with Crippen molar-refractivity contribution in [3.63, 3.8) is 0 Å². The summed E-state index contributed by atoms with van der Waals surface area (Å²) >= 11 is 9.37. The second-order valence-electron chi connectivity index (χ2n) is 4.69. The van der Waals surface area contributed by atoms with Crippen LogP contribution in [0.4, 0.5) is 5.69 Å². The van der Waals surface area contributed by atoms with Crippen molar-refractivity contribution in [3.05, 3.63) is 63.1 Å². The molecule has 0 radical (unpaired) electrons. The van der Waals surface area contributed by atoms with E-state index in [9.17, 15) is 4.79 Å². The minimum absolute atomic E-state index is 0.0886. The summed E-state index contributed by atoms with van der Waals surface area (Å²) in [5.41, 5.74) is 2.33. The average molecular weight is 368 g/mol. The first-order chi connectivity index (χ1) is 10.0. The highest BCUT2D eigenvalue weighted by Gasteiger charge is 2.15. The summed E-state index contributed by atoms with van der Waals surface area (Å²) in [6, 6.07) is 13.0. The molecule has 21 heavy (non-hydrogen) atoms. The number of rotatable bonds is 4. The van der Waals surface area contributed by atoms with E-state index < -0.39 is 0 Å². The lowest BCUT2D eigenvalue weighted by molar-refractivity contribution is 0.0940. The van der Waals surface area contributed by atoms with E-state index in [4.69, 9.17) is 11.6 Å². The van der Waals surface area contributed by atoms with E-state index in [-0.39, 0.29) is 11.9 Å². The third-order valence-corrected chi connectivity index (χ3v) is 3.98. The minimum atomic E-state index is -0.155. The SMILES string of the molecule is CNc1ccc(Cl)cc1C(=O)NC(C)c1ccc(Br)cc1. The van der Waals surface area contributed by atoms with Crippen LogP contribution < -0.4 is 10.6 Å². The molecule has 2 aromatic rings. The smallest absolute Gasteiger partial charge is 0.253 e. The Kier molecular flexibility index (Phi) is 5.26. The fourth-order valence-electron chi connectivity index (χ4n) is 2.03. The van der Waals surface area contributed by atoms with Gasteiger partial charge < -0.3 is 10.6 Å². The van der Waals surface area contributed by atoms with Crippen LogP contribution in [0.1, 0.15) is 28.9 Å². The maximum absolute atomic E-state index is 12.4. The van der Waals surface area contributed by atoms with Gasteiger partial charge in [-0.15, -0.1) is 0 Å². The third kappa shape index (κ3) is 3.99. The Morgan fingerprint density at radius 2 is 1.86 bits per heavy atom. The molecule has 0 aliphatic carbocycles. The number of benzene rings is 2. The largest absolute Gasteiger partial charge is 0.387 e. The van der Waals surface area contributed by atoms with E-state index in [0.29, 0.717) is 10.6 Å². The predicted octanol–water partition coefficient (Wildman–Crippen LogP) is 4.64. The molecule has 0 spiro atoms. The first kappa shape index (κ1) is 15.9. The molecule has 0 saturated heterocycles. The normalized spacial score (nSPS) is 11.8. The molecule has 1 atom stereocenters. The molecule has 0 aliphatic rings. The fraction of sp³-hybridized carbons (Fsp3) is 0.188. The minimum Gasteiger partial charge on any atom is -0.387 e. The molecule has 2 aromatic carbocycles. The van der Waals surface area contributed by atoms with Crippen molar-refractivity contribution >= 4 is 39.1 Å². The van der Waals surface area contributed by atoms with E-state index in [1.165, 1.54) is 0 Å². The van der Waals surface area contributed by atoms with E-state index in [1.54, 1.807) is 25.2 Å². The van der Waals surface area contributed by atoms with Crippen LogP contribution in [0.2, 0.25) is 5.02 Å². The Labute approximate surface area is 137 Å². The van der Waals surface area contributed by atoms with Crippen LogP contribution in [0.5, 0.6) is 0 Å². The molecule has 0 aromatic heterocycles. The quantitative estimate of drug-likeness (QED) is 0.827. The molecule has 1 unspecified atom stereocenters. The van der Waals surface area contributed by atoms with Crippen molar-refractivity contribution in [2.75, 3.05) is 12.4 Å². The summed E-state index contributed by atoms with van der Waals surface area (Å²) in [6.45, 7) is 1.95. The molecule has 2 N–H and O–H groups in total. The molecule has 0 bridgehead atoms. The molecule has 0 aliphatic heterocycles.